The molecule has 1 saturated heterocycles. The lowest BCUT2D eigenvalue weighted by atomic mass is 10.1. The topological polar surface area (TPSA) is 93.3 Å². The van der Waals surface area contributed by atoms with Crippen molar-refractivity contribution in [3.8, 4) is 0 Å². The van der Waals surface area contributed by atoms with Crippen LogP contribution in [0.25, 0.3) is 0 Å². The van der Waals surface area contributed by atoms with Crippen LogP contribution in [0.15, 0.2) is 10.7 Å². The van der Waals surface area contributed by atoms with Crippen molar-refractivity contribution in [1.82, 2.24) is 25.2 Å². The zero-order valence-electron chi connectivity index (χ0n) is 17.1. The summed E-state index contributed by atoms with van der Waals surface area (Å²) in [6, 6.07) is -0.0277. The van der Waals surface area contributed by atoms with Crippen LogP contribution in [-0.4, -0.2) is 44.2 Å². The van der Waals surface area contributed by atoms with Gasteiger partial charge in [0, 0.05) is 36.8 Å². The molecule has 0 saturated carbocycles. The molecule has 2 aromatic heterocycles. The van der Waals surface area contributed by atoms with Crippen molar-refractivity contribution in [3.63, 3.8) is 0 Å². The summed E-state index contributed by atoms with van der Waals surface area (Å²) in [7, 11) is 0. The highest BCUT2D eigenvalue weighted by Gasteiger charge is 2.26. The first-order valence-electron chi connectivity index (χ1n) is 9.93. The predicted molar refractivity (Wildman–Crippen MR) is 104 cm³/mol. The maximum atomic E-state index is 12.7. The Hall–Kier alpha value is -2.64. The van der Waals surface area contributed by atoms with Crippen molar-refractivity contribution in [2.45, 2.75) is 72.5 Å². The predicted octanol–water partition coefficient (Wildman–Crippen LogP) is 2.52. The highest BCUT2D eigenvalue weighted by molar-refractivity contribution is 5.95. The molecule has 1 unspecified atom stereocenters. The molecule has 2 amide bonds. The summed E-state index contributed by atoms with van der Waals surface area (Å²) in [5.41, 5.74) is 3.27. The van der Waals surface area contributed by atoms with Gasteiger partial charge >= 0.3 is 0 Å². The number of aryl methyl sites for hydroxylation is 3. The van der Waals surface area contributed by atoms with Crippen molar-refractivity contribution in [1.29, 1.82) is 0 Å². The third-order valence-corrected chi connectivity index (χ3v) is 5.46. The fraction of sp³-hybridized carbons (Fsp3) is 0.600. The third kappa shape index (κ3) is 4.26. The summed E-state index contributed by atoms with van der Waals surface area (Å²) >= 11 is 0. The Labute approximate surface area is 165 Å². The van der Waals surface area contributed by atoms with Gasteiger partial charge in [-0.05, 0) is 40.0 Å². The van der Waals surface area contributed by atoms with Gasteiger partial charge in [-0.15, -0.1) is 0 Å². The summed E-state index contributed by atoms with van der Waals surface area (Å²) in [6.07, 6.45) is 4.39. The molecule has 0 radical (unpaired) electrons. The van der Waals surface area contributed by atoms with Crippen LogP contribution in [0.1, 0.15) is 65.7 Å². The van der Waals surface area contributed by atoms with E-state index in [0.29, 0.717) is 31.5 Å². The van der Waals surface area contributed by atoms with Gasteiger partial charge in [0.2, 0.25) is 5.91 Å². The van der Waals surface area contributed by atoms with Crippen molar-refractivity contribution < 1.29 is 14.1 Å². The SMILES string of the molecule is CCCn1ncc(C(=O)NC2CCC(=O)N(Cc3c(C)noc3C)CC2)c1C. The molecule has 1 aliphatic heterocycles. The van der Waals surface area contributed by atoms with Gasteiger partial charge in [0.15, 0.2) is 0 Å². The largest absolute Gasteiger partial charge is 0.361 e. The second-order valence-electron chi connectivity index (χ2n) is 7.48. The molecule has 28 heavy (non-hydrogen) atoms. The van der Waals surface area contributed by atoms with Crippen LogP contribution in [0.5, 0.6) is 0 Å². The summed E-state index contributed by atoms with van der Waals surface area (Å²) in [6.45, 7) is 9.65. The summed E-state index contributed by atoms with van der Waals surface area (Å²) in [5, 5.41) is 11.4. The van der Waals surface area contributed by atoms with Gasteiger partial charge in [-0.2, -0.15) is 5.10 Å². The minimum atomic E-state index is -0.114. The Balaban J connectivity index is 1.61. The molecule has 152 valence electrons. The number of hydrogen-bond acceptors (Lipinski definition) is 5. The van der Waals surface area contributed by atoms with E-state index in [-0.39, 0.29) is 17.9 Å². The molecule has 1 fully saturated rings. The van der Waals surface area contributed by atoms with E-state index >= 15 is 0 Å². The molecule has 0 bridgehead atoms. The van der Waals surface area contributed by atoms with Gasteiger partial charge in [-0.25, -0.2) is 0 Å². The fourth-order valence-electron chi connectivity index (χ4n) is 3.64. The van der Waals surface area contributed by atoms with Crippen molar-refractivity contribution in [3.05, 3.63) is 34.5 Å². The van der Waals surface area contributed by atoms with E-state index in [1.54, 1.807) is 6.20 Å². The number of carbonyl (C=O) groups excluding carboxylic acids is 2. The summed E-state index contributed by atoms with van der Waals surface area (Å²) in [4.78, 5) is 27.1. The van der Waals surface area contributed by atoms with E-state index in [9.17, 15) is 9.59 Å². The average Bonchev–Trinajstić information content (AvgIpc) is 3.12. The minimum Gasteiger partial charge on any atom is -0.361 e. The lowest BCUT2D eigenvalue weighted by molar-refractivity contribution is -0.131. The van der Waals surface area contributed by atoms with E-state index < -0.39 is 0 Å². The van der Waals surface area contributed by atoms with Crippen molar-refractivity contribution >= 4 is 11.8 Å². The molecule has 8 heteroatoms. The van der Waals surface area contributed by atoms with Crippen LogP contribution < -0.4 is 5.32 Å². The molecular weight excluding hydrogens is 358 g/mol. The molecule has 3 heterocycles. The average molecular weight is 387 g/mol. The maximum absolute atomic E-state index is 12.7. The number of amides is 2. The smallest absolute Gasteiger partial charge is 0.254 e. The van der Waals surface area contributed by atoms with E-state index in [0.717, 1.165) is 42.1 Å². The number of likely N-dealkylation sites (tertiary alicyclic amines) is 1. The molecule has 1 N–H and O–H groups in total. The number of nitrogens with zero attached hydrogens (tertiary/aromatic N) is 4. The Morgan fingerprint density at radius 1 is 1.32 bits per heavy atom. The van der Waals surface area contributed by atoms with Crippen LogP contribution in [0, 0.1) is 20.8 Å². The number of rotatable bonds is 6. The molecule has 8 nitrogen and oxygen atoms in total. The number of carbonyl (C=O) groups is 2. The standard InChI is InChI=1S/C20H29N5O3/c1-5-9-25-14(3)17(11-21-25)20(27)22-16-6-7-19(26)24(10-8-16)12-18-13(2)23-28-15(18)4/h11,16H,5-10,12H2,1-4H3,(H,22,27). The highest BCUT2D eigenvalue weighted by atomic mass is 16.5. The van der Waals surface area contributed by atoms with Gasteiger partial charge in [0.1, 0.15) is 5.76 Å². The molecule has 1 aliphatic rings. The van der Waals surface area contributed by atoms with Gasteiger partial charge < -0.3 is 14.7 Å². The van der Waals surface area contributed by atoms with Crippen molar-refractivity contribution in [2.24, 2.45) is 0 Å². The van der Waals surface area contributed by atoms with Gasteiger partial charge in [-0.1, -0.05) is 12.1 Å². The molecular formula is C20H29N5O3. The van der Waals surface area contributed by atoms with Crippen LogP contribution in [0.4, 0.5) is 0 Å². The van der Waals surface area contributed by atoms with E-state index in [4.69, 9.17) is 4.52 Å². The zero-order valence-corrected chi connectivity index (χ0v) is 17.1. The second-order valence-corrected chi connectivity index (χ2v) is 7.48. The van der Waals surface area contributed by atoms with Crippen molar-refractivity contribution in [2.75, 3.05) is 6.54 Å². The summed E-state index contributed by atoms with van der Waals surface area (Å²) < 4.78 is 7.06. The quantitative estimate of drug-likeness (QED) is 0.822. The lowest BCUT2D eigenvalue weighted by Crippen LogP contribution is -2.36. The van der Waals surface area contributed by atoms with E-state index in [2.05, 4.69) is 22.5 Å². The normalized spacial score (nSPS) is 17.6. The first kappa shape index (κ1) is 20.1. The molecule has 1 atom stereocenters. The fourth-order valence-corrected chi connectivity index (χ4v) is 3.64. The molecule has 0 aliphatic carbocycles. The number of hydrogen-bond donors (Lipinski definition) is 1. The zero-order chi connectivity index (χ0) is 20.3. The Bertz CT molecular complexity index is 835. The van der Waals surface area contributed by atoms with E-state index in [1.165, 1.54) is 0 Å². The second kappa shape index (κ2) is 8.58. The first-order valence-corrected chi connectivity index (χ1v) is 9.93. The molecule has 2 aromatic rings. The lowest BCUT2D eigenvalue weighted by Gasteiger charge is -2.21. The van der Waals surface area contributed by atoms with Gasteiger partial charge in [0.25, 0.3) is 5.91 Å². The minimum absolute atomic E-state index is 0.0277. The number of nitrogens with one attached hydrogen (secondary N) is 1. The first-order chi connectivity index (χ1) is 13.4. The maximum Gasteiger partial charge on any atom is 0.254 e. The summed E-state index contributed by atoms with van der Waals surface area (Å²) in [5.74, 6) is 0.735. The van der Waals surface area contributed by atoms with Crippen LogP contribution in [0.3, 0.4) is 0 Å². The molecule has 0 spiro atoms. The Kier molecular flexibility index (Phi) is 6.16. The monoisotopic (exact) mass is 387 g/mol. The van der Waals surface area contributed by atoms with Crippen LogP contribution >= 0.6 is 0 Å². The number of aromatic nitrogens is 3. The van der Waals surface area contributed by atoms with Gasteiger partial charge in [-0.3, -0.25) is 14.3 Å². The van der Waals surface area contributed by atoms with Crippen LogP contribution in [-0.2, 0) is 17.9 Å². The molecule has 3 rings (SSSR count). The third-order valence-electron chi connectivity index (χ3n) is 5.46. The molecule has 0 aromatic carbocycles. The Morgan fingerprint density at radius 3 is 2.79 bits per heavy atom. The van der Waals surface area contributed by atoms with E-state index in [1.807, 2.05) is 30.4 Å². The van der Waals surface area contributed by atoms with Crippen LogP contribution in [0.2, 0.25) is 0 Å². The Morgan fingerprint density at radius 2 is 2.11 bits per heavy atom. The highest BCUT2D eigenvalue weighted by Crippen LogP contribution is 2.20. The van der Waals surface area contributed by atoms with Gasteiger partial charge in [0.05, 0.1) is 24.0 Å².